The van der Waals surface area contributed by atoms with Crippen molar-refractivity contribution in [1.82, 2.24) is 20.0 Å². The molecule has 25 heavy (non-hydrogen) atoms. The molecule has 0 atom stereocenters. The number of aromatic nitrogens is 4. The van der Waals surface area contributed by atoms with Gasteiger partial charge in [-0.15, -0.1) is 5.10 Å². The molecule has 4 aromatic rings. The van der Waals surface area contributed by atoms with E-state index in [0.29, 0.717) is 22.8 Å². The third-order valence-corrected chi connectivity index (χ3v) is 4.74. The van der Waals surface area contributed by atoms with Gasteiger partial charge >= 0.3 is 0 Å². The monoisotopic (exact) mass is 416 g/mol. The number of halogens is 3. The number of hydrogen-bond donors (Lipinski definition) is 0. The fourth-order valence-corrected chi connectivity index (χ4v) is 3.22. The molecule has 0 N–H and O–H groups in total. The van der Waals surface area contributed by atoms with E-state index in [1.807, 2.05) is 24.3 Å². The van der Waals surface area contributed by atoms with Crippen LogP contribution in [-0.4, -0.2) is 20.0 Å². The lowest BCUT2D eigenvalue weighted by Crippen LogP contribution is -2.02. The molecule has 0 aliphatic rings. The van der Waals surface area contributed by atoms with Crippen LogP contribution in [0.15, 0.2) is 59.2 Å². The zero-order valence-corrected chi connectivity index (χ0v) is 15.2. The van der Waals surface area contributed by atoms with Crippen molar-refractivity contribution in [2.24, 2.45) is 0 Å². The van der Waals surface area contributed by atoms with E-state index in [0.717, 1.165) is 21.1 Å². The molecule has 0 saturated heterocycles. The van der Waals surface area contributed by atoms with Crippen molar-refractivity contribution in [2.45, 2.75) is 6.54 Å². The smallest absolute Gasteiger partial charge is 0.134 e. The van der Waals surface area contributed by atoms with Crippen molar-refractivity contribution in [3.8, 4) is 11.3 Å². The van der Waals surface area contributed by atoms with Crippen molar-refractivity contribution in [1.29, 1.82) is 0 Å². The van der Waals surface area contributed by atoms with E-state index in [4.69, 9.17) is 11.6 Å². The molecule has 0 aliphatic carbocycles. The molecule has 4 rings (SSSR count). The standard InChI is InChI=1S/C18H11BrClFN4/c19-14-2-1-3-17-18(14)23-24-25(17)10-11-4-7-16(22-9-11)13-6-5-12(20)8-15(13)21/h1-9H,10H2. The van der Waals surface area contributed by atoms with Crippen LogP contribution >= 0.6 is 27.5 Å². The summed E-state index contributed by atoms with van der Waals surface area (Å²) in [6, 6.07) is 14.1. The Morgan fingerprint density at radius 3 is 2.76 bits per heavy atom. The SMILES string of the molecule is Fc1cc(Cl)ccc1-c1ccc(Cn2nnc3c(Br)cccc32)cn1. The summed E-state index contributed by atoms with van der Waals surface area (Å²) in [6.45, 7) is 0.531. The van der Waals surface area contributed by atoms with Crippen LogP contribution in [0.4, 0.5) is 4.39 Å². The fraction of sp³-hybridized carbons (Fsp3) is 0.0556. The van der Waals surface area contributed by atoms with E-state index < -0.39 is 0 Å². The molecule has 7 heteroatoms. The van der Waals surface area contributed by atoms with Gasteiger partial charge < -0.3 is 0 Å². The summed E-state index contributed by atoms with van der Waals surface area (Å²) < 4.78 is 16.7. The predicted molar refractivity (Wildman–Crippen MR) is 99.0 cm³/mol. The molecule has 4 nitrogen and oxygen atoms in total. The van der Waals surface area contributed by atoms with Crippen LogP contribution in [0.2, 0.25) is 5.02 Å². The first kappa shape index (κ1) is 16.2. The Kier molecular flexibility index (Phi) is 4.23. The van der Waals surface area contributed by atoms with E-state index in [9.17, 15) is 4.39 Å². The van der Waals surface area contributed by atoms with E-state index in [1.165, 1.54) is 6.07 Å². The van der Waals surface area contributed by atoms with Gasteiger partial charge in [-0.05, 0) is 57.9 Å². The number of benzene rings is 2. The van der Waals surface area contributed by atoms with Crippen molar-refractivity contribution in [2.75, 3.05) is 0 Å². The molecule has 2 heterocycles. The Hall–Kier alpha value is -2.31. The highest BCUT2D eigenvalue weighted by Crippen LogP contribution is 2.25. The lowest BCUT2D eigenvalue weighted by atomic mass is 10.1. The van der Waals surface area contributed by atoms with Crippen molar-refractivity contribution < 1.29 is 4.39 Å². The summed E-state index contributed by atoms with van der Waals surface area (Å²) in [5, 5.41) is 8.74. The number of fused-ring (bicyclic) bond motifs is 1. The number of pyridine rings is 1. The van der Waals surface area contributed by atoms with Gasteiger partial charge in [0.25, 0.3) is 0 Å². The minimum Gasteiger partial charge on any atom is -0.256 e. The highest BCUT2D eigenvalue weighted by atomic mass is 79.9. The molecule has 0 aliphatic heterocycles. The average Bonchev–Trinajstić information content (AvgIpc) is 3.00. The van der Waals surface area contributed by atoms with Crippen molar-refractivity contribution >= 4 is 38.6 Å². The zero-order chi connectivity index (χ0) is 17.4. The predicted octanol–water partition coefficient (Wildman–Crippen LogP) is 5.10. The minimum absolute atomic E-state index is 0.363. The van der Waals surface area contributed by atoms with Crippen LogP contribution < -0.4 is 0 Å². The van der Waals surface area contributed by atoms with Crippen LogP contribution in [0.5, 0.6) is 0 Å². The van der Waals surface area contributed by atoms with E-state index in [2.05, 4.69) is 31.2 Å². The largest absolute Gasteiger partial charge is 0.256 e. The Morgan fingerprint density at radius 1 is 1.12 bits per heavy atom. The van der Waals surface area contributed by atoms with E-state index in [-0.39, 0.29) is 5.82 Å². The average molecular weight is 418 g/mol. The lowest BCUT2D eigenvalue weighted by Gasteiger charge is -2.06. The van der Waals surface area contributed by atoms with Crippen molar-refractivity contribution in [3.05, 3.63) is 75.6 Å². The maximum absolute atomic E-state index is 14.0. The third-order valence-electron chi connectivity index (χ3n) is 3.86. The molecule has 2 aromatic heterocycles. The zero-order valence-electron chi connectivity index (χ0n) is 12.8. The number of nitrogens with zero attached hydrogens (tertiary/aromatic N) is 4. The molecule has 0 fully saturated rings. The van der Waals surface area contributed by atoms with Gasteiger partial charge in [0.15, 0.2) is 0 Å². The van der Waals surface area contributed by atoms with Crippen LogP contribution in [0.25, 0.3) is 22.3 Å². The van der Waals surface area contributed by atoms with Crippen molar-refractivity contribution in [3.63, 3.8) is 0 Å². The van der Waals surface area contributed by atoms with Gasteiger partial charge in [-0.3, -0.25) is 4.98 Å². The summed E-state index contributed by atoms with van der Waals surface area (Å²) in [6.07, 6.45) is 1.72. The van der Waals surface area contributed by atoms with Gasteiger partial charge in [-0.25, -0.2) is 9.07 Å². The molecule has 0 spiro atoms. The second-order valence-corrected chi connectivity index (χ2v) is 6.82. The van der Waals surface area contributed by atoms with Crippen LogP contribution in [0, 0.1) is 5.82 Å². The Morgan fingerprint density at radius 2 is 2.00 bits per heavy atom. The lowest BCUT2D eigenvalue weighted by molar-refractivity contribution is 0.630. The summed E-state index contributed by atoms with van der Waals surface area (Å²) in [5.74, 6) is -0.389. The molecule has 2 aromatic carbocycles. The molecule has 0 amide bonds. The first-order valence-electron chi connectivity index (χ1n) is 7.50. The number of hydrogen-bond acceptors (Lipinski definition) is 3. The first-order valence-corrected chi connectivity index (χ1v) is 8.67. The first-order chi connectivity index (χ1) is 12.1. The quantitative estimate of drug-likeness (QED) is 0.466. The normalized spacial score (nSPS) is 11.2. The van der Waals surface area contributed by atoms with Gasteiger partial charge in [-0.2, -0.15) is 0 Å². The van der Waals surface area contributed by atoms with Gasteiger partial charge in [0.2, 0.25) is 0 Å². The molecule has 124 valence electrons. The highest BCUT2D eigenvalue weighted by Gasteiger charge is 2.10. The summed E-state index contributed by atoms with van der Waals surface area (Å²) >= 11 is 9.26. The van der Waals surface area contributed by atoms with Crippen LogP contribution in [0.3, 0.4) is 0 Å². The van der Waals surface area contributed by atoms with E-state index >= 15 is 0 Å². The summed E-state index contributed by atoms with van der Waals surface area (Å²) in [7, 11) is 0. The maximum Gasteiger partial charge on any atom is 0.134 e. The molecular weight excluding hydrogens is 407 g/mol. The van der Waals surface area contributed by atoms with Crippen LogP contribution in [-0.2, 0) is 6.54 Å². The summed E-state index contributed by atoms with van der Waals surface area (Å²) in [4.78, 5) is 4.36. The molecule has 0 radical (unpaired) electrons. The summed E-state index contributed by atoms with van der Waals surface area (Å²) in [5.41, 5.74) is 3.68. The van der Waals surface area contributed by atoms with Gasteiger partial charge in [-0.1, -0.05) is 28.9 Å². The maximum atomic E-state index is 14.0. The third kappa shape index (κ3) is 3.15. The van der Waals surface area contributed by atoms with Gasteiger partial charge in [0, 0.05) is 21.3 Å². The molecule has 0 saturated carbocycles. The Labute approximate surface area is 156 Å². The Bertz CT molecular complexity index is 1060. The topological polar surface area (TPSA) is 43.6 Å². The molecular formula is C18H11BrClFN4. The highest BCUT2D eigenvalue weighted by molar-refractivity contribution is 9.10. The molecule has 0 unspecified atom stereocenters. The fourth-order valence-electron chi connectivity index (χ4n) is 2.62. The minimum atomic E-state index is -0.389. The molecule has 0 bridgehead atoms. The number of rotatable bonds is 3. The van der Waals surface area contributed by atoms with E-state index in [1.54, 1.807) is 29.1 Å². The second kappa shape index (κ2) is 6.54. The van der Waals surface area contributed by atoms with Gasteiger partial charge in [0.05, 0.1) is 17.8 Å². The Balaban J connectivity index is 1.63. The van der Waals surface area contributed by atoms with Gasteiger partial charge in [0.1, 0.15) is 11.3 Å². The second-order valence-electron chi connectivity index (χ2n) is 5.53. The van der Waals surface area contributed by atoms with Crippen LogP contribution in [0.1, 0.15) is 5.56 Å².